The van der Waals surface area contributed by atoms with E-state index in [0.717, 1.165) is 17.0 Å². The molecule has 1 aromatic carbocycles. The third-order valence-electron chi connectivity index (χ3n) is 2.97. The van der Waals surface area contributed by atoms with Crippen molar-refractivity contribution in [1.29, 1.82) is 0 Å². The van der Waals surface area contributed by atoms with Gasteiger partial charge >= 0.3 is 6.18 Å². The van der Waals surface area contributed by atoms with E-state index in [1.807, 2.05) is 0 Å². The van der Waals surface area contributed by atoms with Crippen LogP contribution in [0.3, 0.4) is 0 Å². The number of imide groups is 1. The summed E-state index contributed by atoms with van der Waals surface area (Å²) in [5.41, 5.74) is 3.67. The molecule has 4 nitrogen and oxygen atoms in total. The summed E-state index contributed by atoms with van der Waals surface area (Å²) in [6.45, 7) is 1.56. The molecule has 2 N–H and O–H groups in total. The Balaban J connectivity index is 2.48. The van der Waals surface area contributed by atoms with Crippen molar-refractivity contribution < 1.29 is 22.8 Å². The summed E-state index contributed by atoms with van der Waals surface area (Å²) < 4.78 is 38.2. The van der Waals surface area contributed by atoms with E-state index in [0.29, 0.717) is 0 Å². The van der Waals surface area contributed by atoms with Crippen molar-refractivity contribution in [1.82, 2.24) is 0 Å². The minimum Gasteiger partial charge on any atom is -0.398 e. The summed E-state index contributed by atoms with van der Waals surface area (Å²) in [5.74, 6) is -1.52. The fourth-order valence-electron chi connectivity index (χ4n) is 1.98. The number of amides is 2. The van der Waals surface area contributed by atoms with Gasteiger partial charge in [0.15, 0.2) is 0 Å². The van der Waals surface area contributed by atoms with Gasteiger partial charge in [0.25, 0.3) is 0 Å². The van der Waals surface area contributed by atoms with Crippen LogP contribution in [0.1, 0.15) is 18.9 Å². The van der Waals surface area contributed by atoms with Crippen LogP contribution in [-0.2, 0) is 15.8 Å². The van der Waals surface area contributed by atoms with Gasteiger partial charge < -0.3 is 5.73 Å². The Bertz CT molecular complexity index is 554. The van der Waals surface area contributed by atoms with Crippen molar-refractivity contribution in [2.45, 2.75) is 19.5 Å². The van der Waals surface area contributed by atoms with E-state index in [1.54, 1.807) is 6.92 Å². The summed E-state index contributed by atoms with van der Waals surface area (Å²) in [5, 5.41) is 0. The third kappa shape index (κ3) is 2.27. The van der Waals surface area contributed by atoms with Crippen LogP contribution in [0, 0.1) is 5.92 Å². The number of nitrogen functional groups attached to an aromatic ring is 1. The molecule has 1 unspecified atom stereocenters. The van der Waals surface area contributed by atoms with Crippen LogP contribution in [0.2, 0.25) is 0 Å². The van der Waals surface area contributed by atoms with Gasteiger partial charge in [-0.2, -0.15) is 13.2 Å². The van der Waals surface area contributed by atoms with E-state index < -0.39 is 35.2 Å². The molecule has 1 fully saturated rings. The molecular weight excluding hydrogens is 261 g/mol. The topological polar surface area (TPSA) is 63.4 Å². The van der Waals surface area contributed by atoms with Crippen LogP contribution >= 0.6 is 0 Å². The van der Waals surface area contributed by atoms with Crippen LogP contribution in [-0.4, -0.2) is 11.8 Å². The minimum atomic E-state index is -4.63. The van der Waals surface area contributed by atoms with Gasteiger partial charge in [0, 0.05) is 18.0 Å². The fourth-order valence-corrected chi connectivity index (χ4v) is 1.98. The lowest BCUT2D eigenvalue weighted by molar-refractivity contribution is -0.137. The molecule has 2 amide bonds. The summed E-state index contributed by atoms with van der Waals surface area (Å²) in [4.78, 5) is 24.2. The molecule has 1 aliphatic heterocycles. The van der Waals surface area contributed by atoms with Gasteiger partial charge in [-0.05, 0) is 18.2 Å². The molecular formula is C12H11F3N2O2. The zero-order valence-corrected chi connectivity index (χ0v) is 9.99. The molecule has 1 aromatic rings. The highest BCUT2D eigenvalue weighted by Gasteiger charge is 2.39. The van der Waals surface area contributed by atoms with Crippen molar-refractivity contribution in [3.05, 3.63) is 23.8 Å². The first-order valence-electron chi connectivity index (χ1n) is 5.55. The number of benzene rings is 1. The molecule has 19 heavy (non-hydrogen) atoms. The van der Waals surface area contributed by atoms with Crippen molar-refractivity contribution in [2.75, 3.05) is 10.6 Å². The van der Waals surface area contributed by atoms with Gasteiger partial charge in [-0.1, -0.05) is 6.92 Å². The van der Waals surface area contributed by atoms with E-state index in [4.69, 9.17) is 5.73 Å². The highest BCUT2D eigenvalue weighted by Crippen LogP contribution is 2.37. The van der Waals surface area contributed by atoms with Gasteiger partial charge in [0.05, 0.1) is 11.3 Å². The Morgan fingerprint density at radius 3 is 2.42 bits per heavy atom. The predicted molar refractivity (Wildman–Crippen MR) is 62.1 cm³/mol. The van der Waals surface area contributed by atoms with Crippen molar-refractivity contribution in [3.8, 4) is 0 Å². The zero-order chi connectivity index (χ0) is 14.4. The standard InChI is InChI=1S/C12H11F3N2O2/c1-6-4-10(18)17(11(6)19)7-2-3-9(16)8(5-7)12(13,14)15/h2-3,5-6H,4,16H2,1H3. The summed E-state index contributed by atoms with van der Waals surface area (Å²) in [7, 11) is 0. The quantitative estimate of drug-likeness (QED) is 0.629. The number of carbonyl (C=O) groups excluding carboxylic acids is 2. The van der Waals surface area contributed by atoms with Gasteiger partial charge in [0.1, 0.15) is 0 Å². The lowest BCUT2D eigenvalue weighted by atomic mass is 10.1. The minimum absolute atomic E-state index is 0.00452. The summed E-state index contributed by atoms with van der Waals surface area (Å²) in [6, 6.07) is 3.00. The van der Waals surface area contributed by atoms with Crippen LogP contribution in [0.25, 0.3) is 0 Å². The number of carbonyl (C=O) groups is 2. The lowest BCUT2D eigenvalue weighted by Gasteiger charge is -2.17. The number of nitrogens with zero attached hydrogens (tertiary/aromatic N) is 1. The molecule has 0 aromatic heterocycles. The number of alkyl halides is 3. The smallest absolute Gasteiger partial charge is 0.398 e. The van der Waals surface area contributed by atoms with Crippen LogP contribution in [0.5, 0.6) is 0 Å². The second kappa shape index (κ2) is 4.25. The predicted octanol–water partition coefficient (Wildman–Crippen LogP) is 2.19. The molecule has 1 atom stereocenters. The molecule has 1 heterocycles. The zero-order valence-electron chi connectivity index (χ0n) is 9.99. The Morgan fingerprint density at radius 1 is 1.32 bits per heavy atom. The fraction of sp³-hybridized carbons (Fsp3) is 0.333. The number of hydrogen-bond donors (Lipinski definition) is 1. The molecule has 0 saturated carbocycles. The first-order chi connectivity index (χ1) is 8.71. The molecule has 1 aliphatic rings. The monoisotopic (exact) mass is 272 g/mol. The SMILES string of the molecule is CC1CC(=O)N(c2ccc(N)c(C(F)(F)F)c2)C1=O. The van der Waals surface area contributed by atoms with E-state index >= 15 is 0 Å². The Kier molecular flexibility index (Phi) is 3.00. The van der Waals surface area contributed by atoms with Crippen LogP contribution in [0.4, 0.5) is 24.5 Å². The number of halogens is 3. The number of anilines is 2. The average Bonchev–Trinajstić information content (AvgIpc) is 2.53. The Labute approximate surface area is 107 Å². The van der Waals surface area contributed by atoms with Crippen molar-refractivity contribution in [2.24, 2.45) is 5.92 Å². The largest absolute Gasteiger partial charge is 0.418 e. The number of nitrogens with two attached hydrogens (primary N) is 1. The van der Waals surface area contributed by atoms with Gasteiger partial charge in [-0.25, -0.2) is 0 Å². The first kappa shape index (κ1) is 13.4. The average molecular weight is 272 g/mol. The summed E-state index contributed by atoms with van der Waals surface area (Å²) >= 11 is 0. The first-order valence-corrected chi connectivity index (χ1v) is 5.55. The number of rotatable bonds is 1. The highest BCUT2D eigenvalue weighted by molar-refractivity contribution is 6.20. The van der Waals surface area contributed by atoms with Crippen molar-refractivity contribution >= 4 is 23.2 Å². The van der Waals surface area contributed by atoms with Gasteiger partial charge in [-0.15, -0.1) is 0 Å². The molecule has 0 bridgehead atoms. The third-order valence-corrected chi connectivity index (χ3v) is 2.97. The van der Waals surface area contributed by atoms with E-state index in [2.05, 4.69) is 0 Å². The Morgan fingerprint density at radius 2 is 1.95 bits per heavy atom. The van der Waals surface area contributed by atoms with Crippen molar-refractivity contribution in [3.63, 3.8) is 0 Å². The molecule has 102 valence electrons. The molecule has 0 radical (unpaired) electrons. The van der Waals surface area contributed by atoms with E-state index in [-0.39, 0.29) is 12.1 Å². The maximum absolute atomic E-state index is 12.7. The van der Waals surface area contributed by atoms with Crippen LogP contribution in [0.15, 0.2) is 18.2 Å². The molecule has 0 spiro atoms. The molecule has 0 aliphatic carbocycles. The molecule has 1 saturated heterocycles. The normalized spacial score (nSPS) is 20.2. The second-order valence-corrected chi connectivity index (χ2v) is 4.44. The molecule has 7 heteroatoms. The maximum atomic E-state index is 12.7. The number of hydrogen-bond acceptors (Lipinski definition) is 3. The summed E-state index contributed by atoms with van der Waals surface area (Å²) in [6.07, 6.45) is -4.62. The van der Waals surface area contributed by atoms with Gasteiger partial charge in [0.2, 0.25) is 11.8 Å². The maximum Gasteiger partial charge on any atom is 0.418 e. The van der Waals surface area contributed by atoms with E-state index in [1.165, 1.54) is 6.07 Å². The van der Waals surface area contributed by atoms with E-state index in [9.17, 15) is 22.8 Å². The lowest BCUT2D eigenvalue weighted by Crippen LogP contribution is -2.30. The van der Waals surface area contributed by atoms with Gasteiger partial charge in [-0.3, -0.25) is 14.5 Å². The highest BCUT2D eigenvalue weighted by atomic mass is 19.4. The van der Waals surface area contributed by atoms with Crippen LogP contribution < -0.4 is 10.6 Å². The Hall–Kier alpha value is -2.05. The molecule has 2 rings (SSSR count). The second-order valence-electron chi connectivity index (χ2n) is 4.44.